The third kappa shape index (κ3) is 3.29. The van der Waals surface area contributed by atoms with Gasteiger partial charge in [-0.2, -0.15) is 0 Å². The summed E-state index contributed by atoms with van der Waals surface area (Å²) in [5, 5.41) is 0. The Bertz CT molecular complexity index is 474. The average molecular weight is 329 g/mol. The van der Waals surface area contributed by atoms with Gasteiger partial charge in [0.25, 0.3) is 0 Å². The van der Waals surface area contributed by atoms with E-state index in [1.54, 1.807) is 25.8 Å². The van der Waals surface area contributed by atoms with Gasteiger partial charge in [0, 0.05) is 18.1 Å². The second kappa shape index (κ2) is 5.80. The summed E-state index contributed by atoms with van der Waals surface area (Å²) < 4.78 is 0.984. The highest BCUT2D eigenvalue weighted by Gasteiger charge is 2.33. The van der Waals surface area contributed by atoms with Crippen molar-refractivity contribution in [2.24, 2.45) is 11.1 Å². The van der Waals surface area contributed by atoms with Crippen molar-refractivity contribution in [3.63, 3.8) is 0 Å². The van der Waals surface area contributed by atoms with Crippen LogP contribution in [0.4, 0.5) is 0 Å². The lowest BCUT2D eigenvalue weighted by atomic mass is 9.91. The van der Waals surface area contributed by atoms with Crippen molar-refractivity contribution in [2.45, 2.75) is 20.4 Å². The van der Waals surface area contributed by atoms with Crippen molar-refractivity contribution in [3.8, 4) is 0 Å². The van der Waals surface area contributed by atoms with E-state index in [0.717, 1.165) is 10.0 Å². The first kappa shape index (κ1) is 15.1. The van der Waals surface area contributed by atoms with E-state index in [0.29, 0.717) is 6.54 Å². The molecule has 0 aliphatic heterocycles. The van der Waals surface area contributed by atoms with Gasteiger partial charge in [-0.05, 0) is 25.5 Å². The second-order valence-corrected chi connectivity index (χ2v) is 6.04. The molecule has 0 heterocycles. The number of thiocarbonyl (C=S) groups is 1. The fourth-order valence-corrected chi connectivity index (χ4v) is 2.03. The number of hydrogen-bond donors (Lipinski definition) is 1. The molecule has 0 aromatic heterocycles. The van der Waals surface area contributed by atoms with Crippen LogP contribution >= 0.6 is 28.1 Å². The molecule has 2 N–H and O–H groups in total. The molecule has 3 nitrogen and oxygen atoms in total. The van der Waals surface area contributed by atoms with Crippen LogP contribution in [0.2, 0.25) is 0 Å². The van der Waals surface area contributed by atoms with E-state index in [9.17, 15) is 4.79 Å². The molecule has 0 saturated carbocycles. The minimum Gasteiger partial charge on any atom is -0.392 e. The summed E-state index contributed by atoms with van der Waals surface area (Å²) in [7, 11) is 1.75. The highest BCUT2D eigenvalue weighted by Crippen LogP contribution is 2.22. The van der Waals surface area contributed by atoms with Gasteiger partial charge in [-0.15, -0.1) is 0 Å². The lowest BCUT2D eigenvalue weighted by molar-refractivity contribution is -0.136. The molecule has 1 aromatic carbocycles. The van der Waals surface area contributed by atoms with Crippen molar-refractivity contribution in [1.82, 2.24) is 4.90 Å². The van der Waals surface area contributed by atoms with Gasteiger partial charge in [-0.1, -0.05) is 46.3 Å². The molecular formula is C13H17BrN2OS. The van der Waals surface area contributed by atoms with Gasteiger partial charge in [0.1, 0.15) is 0 Å². The molecule has 1 rings (SSSR count). The highest BCUT2D eigenvalue weighted by atomic mass is 79.9. The molecule has 0 spiro atoms. The fourth-order valence-electron chi connectivity index (χ4n) is 1.54. The van der Waals surface area contributed by atoms with E-state index in [-0.39, 0.29) is 10.9 Å². The first-order valence-corrected chi connectivity index (χ1v) is 6.76. The van der Waals surface area contributed by atoms with Crippen molar-refractivity contribution < 1.29 is 4.79 Å². The zero-order valence-electron chi connectivity index (χ0n) is 10.7. The van der Waals surface area contributed by atoms with Crippen molar-refractivity contribution in [1.29, 1.82) is 0 Å². The smallest absolute Gasteiger partial charge is 0.235 e. The van der Waals surface area contributed by atoms with Gasteiger partial charge in [-0.25, -0.2) is 0 Å². The van der Waals surface area contributed by atoms with Crippen LogP contribution in [0.1, 0.15) is 19.4 Å². The molecule has 1 aromatic rings. The van der Waals surface area contributed by atoms with Gasteiger partial charge in [0.2, 0.25) is 5.91 Å². The number of benzene rings is 1. The Morgan fingerprint density at radius 2 is 2.00 bits per heavy atom. The van der Waals surface area contributed by atoms with E-state index in [1.165, 1.54) is 0 Å². The summed E-state index contributed by atoms with van der Waals surface area (Å²) in [6.45, 7) is 4.01. The number of amides is 1. The fraction of sp³-hybridized carbons (Fsp3) is 0.385. The molecule has 0 unspecified atom stereocenters. The summed E-state index contributed by atoms with van der Waals surface area (Å²) >= 11 is 8.40. The Morgan fingerprint density at radius 1 is 1.44 bits per heavy atom. The maximum Gasteiger partial charge on any atom is 0.235 e. The minimum absolute atomic E-state index is 0.0780. The zero-order chi connectivity index (χ0) is 13.9. The molecule has 18 heavy (non-hydrogen) atoms. The predicted octanol–water partition coefficient (Wildman–Crippen LogP) is 2.72. The number of rotatable bonds is 4. The third-order valence-corrected chi connectivity index (χ3v) is 4.15. The first-order valence-electron chi connectivity index (χ1n) is 5.55. The van der Waals surface area contributed by atoms with Gasteiger partial charge < -0.3 is 10.6 Å². The van der Waals surface area contributed by atoms with E-state index in [4.69, 9.17) is 18.0 Å². The SMILES string of the molecule is CN(Cc1ccccc1Br)C(=O)C(C)(C)C(N)=S. The van der Waals surface area contributed by atoms with Gasteiger partial charge in [0.05, 0.1) is 10.4 Å². The van der Waals surface area contributed by atoms with Gasteiger partial charge in [0.15, 0.2) is 0 Å². The van der Waals surface area contributed by atoms with Crippen LogP contribution in [0.15, 0.2) is 28.7 Å². The number of carbonyl (C=O) groups excluding carboxylic acids is 1. The van der Waals surface area contributed by atoms with E-state index >= 15 is 0 Å². The van der Waals surface area contributed by atoms with Crippen LogP contribution in [0, 0.1) is 5.41 Å². The standard InChI is InChI=1S/C13H17BrN2OS/c1-13(2,11(15)18)12(17)16(3)8-9-6-4-5-7-10(9)14/h4-7H,8H2,1-3H3,(H2,15,18). The molecule has 0 fully saturated rings. The lowest BCUT2D eigenvalue weighted by Gasteiger charge is -2.28. The summed E-state index contributed by atoms with van der Waals surface area (Å²) in [6, 6.07) is 7.81. The Balaban J connectivity index is 2.84. The Kier molecular flexibility index (Phi) is 4.87. The molecule has 0 aliphatic rings. The van der Waals surface area contributed by atoms with E-state index in [2.05, 4.69) is 15.9 Å². The molecule has 0 radical (unpaired) electrons. The summed E-state index contributed by atoms with van der Waals surface area (Å²) in [5.74, 6) is -0.0780. The highest BCUT2D eigenvalue weighted by molar-refractivity contribution is 9.10. The molecular weight excluding hydrogens is 312 g/mol. The quantitative estimate of drug-likeness (QED) is 0.864. The zero-order valence-corrected chi connectivity index (χ0v) is 13.1. The Morgan fingerprint density at radius 3 is 2.50 bits per heavy atom. The molecule has 98 valence electrons. The molecule has 0 aliphatic carbocycles. The maximum absolute atomic E-state index is 12.3. The Hall–Kier alpha value is -0.940. The number of hydrogen-bond acceptors (Lipinski definition) is 2. The average Bonchev–Trinajstić information content (AvgIpc) is 2.30. The molecule has 0 saturated heterocycles. The molecule has 0 atom stereocenters. The van der Waals surface area contributed by atoms with Crippen molar-refractivity contribution in [3.05, 3.63) is 34.3 Å². The predicted molar refractivity (Wildman–Crippen MR) is 81.2 cm³/mol. The van der Waals surface area contributed by atoms with Crippen LogP contribution < -0.4 is 5.73 Å². The minimum atomic E-state index is -0.814. The number of halogens is 1. The van der Waals surface area contributed by atoms with E-state index in [1.807, 2.05) is 24.3 Å². The van der Waals surface area contributed by atoms with E-state index < -0.39 is 5.41 Å². The summed E-state index contributed by atoms with van der Waals surface area (Å²) in [4.78, 5) is 14.1. The van der Waals surface area contributed by atoms with Crippen LogP contribution in [0.3, 0.4) is 0 Å². The van der Waals surface area contributed by atoms with Crippen LogP contribution in [0.5, 0.6) is 0 Å². The van der Waals surface area contributed by atoms with Gasteiger partial charge in [-0.3, -0.25) is 4.79 Å². The number of nitrogens with zero attached hydrogens (tertiary/aromatic N) is 1. The largest absolute Gasteiger partial charge is 0.392 e. The van der Waals surface area contributed by atoms with Crippen LogP contribution in [-0.2, 0) is 11.3 Å². The second-order valence-electron chi connectivity index (χ2n) is 4.74. The monoisotopic (exact) mass is 328 g/mol. The first-order chi connectivity index (χ1) is 8.26. The van der Waals surface area contributed by atoms with Gasteiger partial charge >= 0.3 is 0 Å². The lowest BCUT2D eigenvalue weighted by Crippen LogP contribution is -2.45. The van der Waals surface area contributed by atoms with Crippen LogP contribution in [-0.4, -0.2) is 22.8 Å². The number of carbonyl (C=O) groups is 1. The topological polar surface area (TPSA) is 46.3 Å². The molecule has 1 amide bonds. The third-order valence-electron chi connectivity index (χ3n) is 2.86. The molecule has 5 heteroatoms. The maximum atomic E-state index is 12.3. The van der Waals surface area contributed by atoms with Crippen LogP contribution in [0.25, 0.3) is 0 Å². The molecule has 0 bridgehead atoms. The number of nitrogens with two attached hydrogens (primary N) is 1. The summed E-state index contributed by atoms with van der Waals surface area (Å²) in [6.07, 6.45) is 0. The normalized spacial score (nSPS) is 11.1. The summed E-state index contributed by atoms with van der Waals surface area (Å²) in [5.41, 5.74) is 5.84. The van der Waals surface area contributed by atoms with Crippen molar-refractivity contribution in [2.75, 3.05) is 7.05 Å². The Labute approximate surface area is 121 Å². The van der Waals surface area contributed by atoms with Crippen molar-refractivity contribution >= 4 is 39.0 Å².